The number of hydrogen-bond acceptors (Lipinski definition) is 3. The van der Waals surface area contributed by atoms with Gasteiger partial charge in [-0.2, -0.15) is 0 Å². The van der Waals surface area contributed by atoms with E-state index in [1.807, 2.05) is 0 Å². The Balaban J connectivity index is 0.961. The summed E-state index contributed by atoms with van der Waals surface area (Å²) < 4.78 is 6.74. The van der Waals surface area contributed by atoms with Crippen molar-refractivity contribution in [3.63, 3.8) is 0 Å². The summed E-state index contributed by atoms with van der Waals surface area (Å²) in [6.07, 6.45) is 2.27. The van der Waals surface area contributed by atoms with Gasteiger partial charge < -0.3 is 9.73 Å². The van der Waals surface area contributed by atoms with Gasteiger partial charge in [-0.05, 0) is 131 Å². The van der Waals surface area contributed by atoms with Gasteiger partial charge in [-0.25, -0.2) is 4.99 Å². The van der Waals surface area contributed by atoms with Crippen molar-refractivity contribution in [1.82, 2.24) is 5.32 Å². The first kappa shape index (κ1) is 40.4. The second-order valence-corrected chi connectivity index (χ2v) is 20.1. The van der Waals surface area contributed by atoms with E-state index >= 15 is 0 Å². The Morgan fingerprint density at radius 3 is 1.70 bits per heavy atom. The van der Waals surface area contributed by atoms with Crippen molar-refractivity contribution in [2.45, 2.75) is 16.9 Å². The molecular weight excluding hydrogens is 885 g/mol. The van der Waals surface area contributed by atoms with Crippen LogP contribution in [0, 0.1) is 0 Å². The molecule has 1 aromatic heterocycles. The first-order chi connectivity index (χ1) is 36.2. The zero-order chi connectivity index (χ0) is 47.8. The van der Waals surface area contributed by atoms with E-state index < -0.39 is 10.8 Å². The van der Waals surface area contributed by atoms with E-state index in [9.17, 15) is 0 Å². The van der Waals surface area contributed by atoms with Crippen molar-refractivity contribution >= 4 is 44.2 Å². The molecule has 1 unspecified atom stereocenters. The molecule has 3 heteroatoms. The molecule has 340 valence electrons. The van der Waals surface area contributed by atoms with E-state index in [0.717, 1.165) is 50.2 Å². The molecule has 16 rings (SSSR count). The van der Waals surface area contributed by atoms with Gasteiger partial charge in [0.1, 0.15) is 17.0 Å². The normalized spacial score (nSPS) is 16.0. The average Bonchev–Trinajstić information content (AvgIpc) is 4.22. The van der Waals surface area contributed by atoms with Crippen LogP contribution in [0.1, 0.15) is 67.2 Å². The molecular formula is C70H44N2O. The summed E-state index contributed by atoms with van der Waals surface area (Å²) in [5.41, 5.74) is 22.5. The standard InChI is InChI=1S/C70H44N2O/c1-2-19-44(20-3-1)63-42-64(47-37-36-43-18-4-5-21-45(43)38-47)72-68(71-63)48-23-16-22-46(39-48)49-27-17-28-53-54-41-66-55(52-26-8-15-35-65(52)73-66)40-62(54)70(67(49)53)60-33-13-11-31-58(60)69(59-32-12-14-34-61(59)70)56-29-9-6-24-50(56)51-25-7-10-30-57(51)69/h1-42,63H,(H,71,72). The Bertz CT molecular complexity index is 4290. The van der Waals surface area contributed by atoms with Crippen molar-refractivity contribution in [3.8, 4) is 33.4 Å². The second kappa shape index (κ2) is 15.1. The molecule has 0 saturated heterocycles. The van der Waals surface area contributed by atoms with E-state index in [1.165, 1.54) is 88.7 Å². The maximum Gasteiger partial charge on any atom is 0.136 e. The number of nitrogens with zero attached hydrogens (tertiary/aromatic N) is 1. The third kappa shape index (κ3) is 5.46. The van der Waals surface area contributed by atoms with Crippen LogP contribution < -0.4 is 5.32 Å². The molecule has 4 aliphatic rings. The third-order valence-electron chi connectivity index (χ3n) is 16.6. The van der Waals surface area contributed by atoms with Crippen LogP contribution in [0.25, 0.3) is 71.8 Å². The monoisotopic (exact) mass is 928 g/mol. The topological polar surface area (TPSA) is 37.5 Å². The lowest BCUT2D eigenvalue weighted by Crippen LogP contribution is -2.44. The van der Waals surface area contributed by atoms with E-state index in [2.05, 4.69) is 260 Å². The van der Waals surface area contributed by atoms with Gasteiger partial charge >= 0.3 is 0 Å². The van der Waals surface area contributed by atoms with Crippen LogP contribution in [-0.2, 0) is 10.8 Å². The van der Waals surface area contributed by atoms with E-state index in [1.54, 1.807) is 0 Å². The van der Waals surface area contributed by atoms with Crippen molar-refractivity contribution in [1.29, 1.82) is 0 Å². The van der Waals surface area contributed by atoms with E-state index in [-0.39, 0.29) is 6.04 Å². The highest BCUT2D eigenvalue weighted by molar-refractivity contribution is 6.10. The van der Waals surface area contributed by atoms with Gasteiger partial charge in [0.05, 0.1) is 22.6 Å². The molecule has 3 nitrogen and oxygen atoms in total. The fraction of sp³-hybridized carbons (Fsp3) is 0.0429. The molecule has 0 fully saturated rings. The zero-order valence-electron chi connectivity index (χ0n) is 39.7. The fourth-order valence-corrected chi connectivity index (χ4v) is 13.7. The Morgan fingerprint density at radius 1 is 0.356 bits per heavy atom. The lowest BCUT2D eigenvalue weighted by Gasteiger charge is -2.49. The molecule has 0 radical (unpaired) electrons. The van der Waals surface area contributed by atoms with Gasteiger partial charge in [-0.15, -0.1) is 0 Å². The minimum Gasteiger partial charge on any atom is -0.456 e. The highest BCUT2D eigenvalue weighted by atomic mass is 16.3. The van der Waals surface area contributed by atoms with Crippen molar-refractivity contribution in [2.24, 2.45) is 4.99 Å². The molecule has 0 amide bonds. The molecule has 0 bridgehead atoms. The summed E-state index contributed by atoms with van der Waals surface area (Å²) in [5.74, 6) is 0.841. The smallest absolute Gasteiger partial charge is 0.136 e. The summed E-state index contributed by atoms with van der Waals surface area (Å²) in [4.78, 5) is 5.47. The highest BCUT2D eigenvalue weighted by Gasteiger charge is 2.59. The molecule has 12 aromatic rings. The lowest BCUT2D eigenvalue weighted by molar-refractivity contribution is 0.633. The summed E-state index contributed by atoms with van der Waals surface area (Å²) in [6, 6.07) is 92.1. The molecule has 2 heterocycles. The molecule has 1 atom stereocenters. The van der Waals surface area contributed by atoms with Gasteiger partial charge in [0.2, 0.25) is 0 Å². The van der Waals surface area contributed by atoms with Gasteiger partial charge in [0, 0.05) is 21.9 Å². The maximum atomic E-state index is 6.74. The molecule has 1 aliphatic heterocycles. The van der Waals surface area contributed by atoms with Crippen LogP contribution in [0.3, 0.4) is 0 Å². The minimum atomic E-state index is -0.722. The first-order valence-electron chi connectivity index (χ1n) is 25.4. The molecule has 1 N–H and O–H groups in total. The van der Waals surface area contributed by atoms with Gasteiger partial charge in [-0.3, -0.25) is 0 Å². The number of fused-ring (bicyclic) bond motifs is 20. The number of nitrogens with one attached hydrogen (secondary N) is 1. The summed E-state index contributed by atoms with van der Waals surface area (Å²) in [7, 11) is 0. The van der Waals surface area contributed by atoms with Crippen molar-refractivity contribution in [3.05, 3.63) is 316 Å². The number of amidine groups is 1. The van der Waals surface area contributed by atoms with Gasteiger partial charge in [0.15, 0.2) is 0 Å². The van der Waals surface area contributed by atoms with Crippen LogP contribution in [-0.4, -0.2) is 5.84 Å². The largest absolute Gasteiger partial charge is 0.456 e. The number of para-hydroxylation sites is 1. The average molecular weight is 929 g/mol. The second-order valence-electron chi connectivity index (χ2n) is 20.1. The zero-order valence-corrected chi connectivity index (χ0v) is 39.7. The number of aliphatic imine (C=N–C) groups is 1. The number of hydrogen-bond donors (Lipinski definition) is 1. The Morgan fingerprint density at radius 2 is 0.945 bits per heavy atom. The first-order valence-corrected chi connectivity index (χ1v) is 25.4. The Kier molecular flexibility index (Phi) is 8.36. The predicted molar refractivity (Wildman–Crippen MR) is 298 cm³/mol. The van der Waals surface area contributed by atoms with Gasteiger partial charge in [0.25, 0.3) is 0 Å². The SMILES string of the molecule is C1=C(c2ccc3ccccc3c2)N=C(c2cccc(-c3cccc4c3C3(c5cc6c(cc5-4)oc4ccccc46)c4ccccc4C4(c5ccccc5-c5ccccc54)c4ccccc43)c2)NC1c1ccccc1. The van der Waals surface area contributed by atoms with Crippen LogP contribution in [0.2, 0.25) is 0 Å². The molecule has 3 aliphatic carbocycles. The van der Waals surface area contributed by atoms with Crippen LogP contribution in [0.4, 0.5) is 0 Å². The fourth-order valence-electron chi connectivity index (χ4n) is 13.7. The Labute approximate surface area is 423 Å². The van der Waals surface area contributed by atoms with Gasteiger partial charge in [-0.1, -0.05) is 218 Å². The molecule has 0 saturated carbocycles. The van der Waals surface area contributed by atoms with E-state index in [0.29, 0.717) is 0 Å². The number of benzene rings is 11. The molecule has 2 spiro atoms. The van der Waals surface area contributed by atoms with Crippen LogP contribution in [0.15, 0.2) is 264 Å². The molecule has 11 aromatic carbocycles. The van der Waals surface area contributed by atoms with Crippen LogP contribution in [0.5, 0.6) is 0 Å². The highest BCUT2D eigenvalue weighted by Crippen LogP contribution is 2.68. The quantitative estimate of drug-likeness (QED) is 0.191. The predicted octanol–water partition coefficient (Wildman–Crippen LogP) is 16.6. The summed E-state index contributed by atoms with van der Waals surface area (Å²) in [5, 5.41) is 8.55. The lowest BCUT2D eigenvalue weighted by atomic mass is 9.52. The van der Waals surface area contributed by atoms with E-state index in [4.69, 9.17) is 9.41 Å². The summed E-state index contributed by atoms with van der Waals surface area (Å²) >= 11 is 0. The number of furan rings is 1. The maximum absolute atomic E-state index is 6.74. The Hall–Kier alpha value is -9.31. The van der Waals surface area contributed by atoms with Crippen LogP contribution >= 0.6 is 0 Å². The number of rotatable bonds is 4. The summed E-state index contributed by atoms with van der Waals surface area (Å²) in [6.45, 7) is 0. The van der Waals surface area contributed by atoms with Crippen molar-refractivity contribution in [2.75, 3.05) is 0 Å². The molecule has 73 heavy (non-hydrogen) atoms. The third-order valence-corrected chi connectivity index (χ3v) is 16.6. The van der Waals surface area contributed by atoms with Crippen molar-refractivity contribution < 1.29 is 4.42 Å². The minimum absolute atomic E-state index is 0.0831.